The number of hydrogen-bond acceptors (Lipinski definition) is 2. The fraction of sp³-hybridized carbons (Fsp3) is 0.417. The summed E-state index contributed by atoms with van der Waals surface area (Å²) in [6.45, 7) is 0.916. The monoisotopic (exact) mass is 240 g/mol. The summed E-state index contributed by atoms with van der Waals surface area (Å²) in [6, 6.07) is 7.39. The van der Waals surface area contributed by atoms with Gasteiger partial charge in [0.05, 0.1) is 12.5 Å². The third kappa shape index (κ3) is 2.36. The van der Waals surface area contributed by atoms with Gasteiger partial charge < -0.3 is 9.84 Å². The largest absolute Gasteiger partial charge is 0.481 e. The van der Waals surface area contributed by atoms with Gasteiger partial charge in [-0.1, -0.05) is 23.7 Å². The molecule has 1 aliphatic heterocycles. The zero-order chi connectivity index (χ0) is 11.5. The lowest BCUT2D eigenvalue weighted by atomic mass is 9.83. The molecule has 16 heavy (non-hydrogen) atoms. The van der Waals surface area contributed by atoms with Gasteiger partial charge in [0, 0.05) is 17.5 Å². The molecule has 1 N–H and O–H groups in total. The molecule has 1 aliphatic rings. The van der Waals surface area contributed by atoms with Crippen molar-refractivity contribution in [1.29, 1.82) is 0 Å². The molecule has 2 rings (SSSR count). The molecular weight excluding hydrogens is 228 g/mol. The van der Waals surface area contributed by atoms with Crippen molar-refractivity contribution >= 4 is 17.6 Å². The minimum atomic E-state index is -0.792. The standard InChI is InChI=1S/C12H13ClO3/c13-9-3-1-8(2-4-9)10-5-6-16-7-11(10)12(14)15/h1-4,10-11H,5-7H2,(H,14,15). The molecule has 2 unspecified atom stereocenters. The van der Waals surface area contributed by atoms with Gasteiger partial charge in [0.1, 0.15) is 0 Å². The highest BCUT2D eigenvalue weighted by atomic mass is 35.5. The van der Waals surface area contributed by atoms with Crippen molar-refractivity contribution < 1.29 is 14.6 Å². The molecule has 0 amide bonds. The van der Waals surface area contributed by atoms with E-state index in [1.54, 1.807) is 12.1 Å². The highest BCUT2D eigenvalue weighted by Crippen LogP contribution is 2.32. The van der Waals surface area contributed by atoms with E-state index in [1.807, 2.05) is 12.1 Å². The molecule has 3 nitrogen and oxygen atoms in total. The Morgan fingerprint density at radius 2 is 2.06 bits per heavy atom. The van der Waals surface area contributed by atoms with Gasteiger partial charge in [0.15, 0.2) is 0 Å². The second-order valence-corrected chi connectivity index (χ2v) is 4.40. The van der Waals surface area contributed by atoms with E-state index in [4.69, 9.17) is 21.4 Å². The lowest BCUT2D eigenvalue weighted by Gasteiger charge is -2.28. The molecule has 1 heterocycles. The number of halogens is 1. The predicted molar refractivity (Wildman–Crippen MR) is 60.8 cm³/mol. The number of hydrogen-bond donors (Lipinski definition) is 1. The summed E-state index contributed by atoms with van der Waals surface area (Å²) in [5, 5.41) is 9.79. The SMILES string of the molecule is O=C(O)C1COCCC1c1ccc(Cl)cc1. The van der Waals surface area contributed by atoms with Crippen molar-refractivity contribution in [3.8, 4) is 0 Å². The Balaban J connectivity index is 2.23. The van der Waals surface area contributed by atoms with Crippen LogP contribution in [0.1, 0.15) is 17.9 Å². The van der Waals surface area contributed by atoms with Gasteiger partial charge in [0.25, 0.3) is 0 Å². The Morgan fingerprint density at radius 3 is 2.69 bits per heavy atom. The van der Waals surface area contributed by atoms with Crippen molar-refractivity contribution in [3.63, 3.8) is 0 Å². The minimum absolute atomic E-state index is 0.0310. The minimum Gasteiger partial charge on any atom is -0.481 e. The zero-order valence-electron chi connectivity index (χ0n) is 8.73. The third-order valence-electron chi connectivity index (χ3n) is 2.97. The number of rotatable bonds is 2. The number of carboxylic acids is 1. The van der Waals surface area contributed by atoms with Crippen molar-refractivity contribution in [2.45, 2.75) is 12.3 Å². The summed E-state index contributed by atoms with van der Waals surface area (Å²) in [4.78, 5) is 11.1. The Hall–Kier alpha value is -1.06. The molecule has 0 bridgehead atoms. The summed E-state index contributed by atoms with van der Waals surface area (Å²) < 4.78 is 5.21. The van der Waals surface area contributed by atoms with Gasteiger partial charge in [-0.25, -0.2) is 0 Å². The number of carbonyl (C=O) groups is 1. The van der Waals surface area contributed by atoms with Crippen molar-refractivity contribution in [2.24, 2.45) is 5.92 Å². The molecule has 1 aromatic carbocycles. The Kier molecular flexibility index (Phi) is 3.46. The molecule has 1 aromatic rings. The van der Waals surface area contributed by atoms with E-state index in [9.17, 15) is 4.79 Å². The van der Waals surface area contributed by atoms with Gasteiger partial charge >= 0.3 is 5.97 Å². The Labute approximate surface area is 99.0 Å². The highest BCUT2D eigenvalue weighted by molar-refractivity contribution is 6.30. The third-order valence-corrected chi connectivity index (χ3v) is 3.22. The smallest absolute Gasteiger partial charge is 0.309 e. The molecule has 0 radical (unpaired) electrons. The van der Waals surface area contributed by atoms with E-state index in [0.717, 1.165) is 12.0 Å². The topological polar surface area (TPSA) is 46.5 Å². The van der Waals surface area contributed by atoms with Crippen LogP contribution in [-0.2, 0) is 9.53 Å². The molecule has 0 saturated carbocycles. The van der Waals surface area contributed by atoms with Crippen LogP contribution in [0.2, 0.25) is 5.02 Å². The fourth-order valence-corrected chi connectivity index (χ4v) is 2.22. The molecule has 1 fully saturated rings. The molecule has 4 heteroatoms. The average molecular weight is 241 g/mol. The molecule has 0 aliphatic carbocycles. The first-order chi connectivity index (χ1) is 7.68. The van der Waals surface area contributed by atoms with Crippen LogP contribution in [0.3, 0.4) is 0 Å². The second-order valence-electron chi connectivity index (χ2n) is 3.97. The van der Waals surface area contributed by atoms with E-state index in [1.165, 1.54) is 0 Å². The van der Waals surface area contributed by atoms with Gasteiger partial charge in [-0.05, 0) is 24.1 Å². The molecule has 1 saturated heterocycles. The van der Waals surface area contributed by atoms with Gasteiger partial charge in [-0.15, -0.1) is 0 Å². The van der Waals surface area contributed by atoms with E-state index in [2.05, 4.69) is 0 Å². The number of benzene rings is 1. The van der Waals surface area contributed by atoms with Crippen LogP contribution in [0.15, 0.2) is 24.3 Å². The van der Waals surface area contributed by atoms with Crippen LogP contribution in [0.5, 0.6) is 0 Å². The lowest BCUT2D eigenvalue weighted by molar-refractivity contribution is -0.147. The number of carboxylic acid groups (broad SMARTS) is 1. The van der Waals surface area contributed by atoms with Crippen LogP contribution in [0, 0.1) is 5.92 Å². The maximum atomic E-state index is 11.1. The van der Waals surface area contributed by atoms with E-state index >= 15 is 0 Å². The van der Waals surface area contributed by atoms with Crippen molar-refractivity contribution in [2.75, 3.05) is 13.2 Å². The van der Waals surface area contributed by atoms with Gasteiger partial charge in [0.2, 0.25) is 0 Å². The van der Waals surface area contributed by atoms with E-state index in [-0.39, 0.29) is 5.92 Å². The fourth-order valence-electron chi connectivity index (χ4n) is 2.09. The zero-order valence-corrected chi connectivity index (χ0v) is 9.48. The summed E-state index contributed by atoms with van der Waals surface area (Å²) in [5.74, 6) is -1.21. The maximum absolute atomic E-state index is 11.1. The Morgan fingerprint density at radius 1 is 1.38 bits per heavy atom. The first-order valence-corrected chi connectivity index (χ1v) is 5.62. The van der Waals surface area contributed by atoms with Gasteiger partial charge in [-0.3, -0.25) is 4.79 Å². The average Bonchev–Trinajstić information content (AvgIpc) is 2.30. The van der Waals surface area contributed by atoms with Crippen molar-refractivity contribution in [1.82, 2.24) is 0 Å². The quantitative estimate of drug-likeness (QED) is 0.864. The molecular formula is C12H13ClO3. The van der Waals surface area contributed by atoms with Crippen LogP contribution in [-0.4, -0.2) is 24.3 Å². The molecule has 2 atom stereocenters. The summed E-state index contributed by atoms with van der Waals surface area (Å²) in [7, 11) is 0. The first-order valence-electron chi connectivity index (χ1n) is 5.24. The highest BCUT2D eigenvalue weighted by Gasteiger charge is 2.32. The summed E-state index contributed by atoms with van der Waals surface area (Å²) >= 11 is 5.81. The molecule has 0 spiro atoms. The Bertz CT molecular complexity index is 374. The van der Waals surface area contributed by atoms with Crippen LogP contribution < -0.4 is 0 Å². The van der Waals surface area contributed by atoms with E-state index < -0.39 is 11.9 Å². The molecule has 86 valence electrons. The first kappa shape index (κ1) is 11.4. The molecule has 0 aromatic heterocycles. The van der Waals surface area contributed by atoms with Crippen LogP contribution >= 0.6 is 11.6 Å². The number of ether oxygens (including phenoxy) is 1. The van der Waals surface area contributed by atoms with Crippen LogP contribution in [0.25, 0.3) is 0 Å². The lowest BCUT2D eigenvalue weighted by Crippen LogP contribution is -2.32. The summed E-state index contributed by atoms with van der Waals surface area (Å²) in [5.41, 5.74) is 1.03. The summed E-state index contributed by atoms with van der Waals surface area (Å²) in [6.07, 6.45) is 0.749. The van der Waals surface area contributed by atoms with Gasteiger partial charge in [-0.2, -0.15) is 0 Å². The van der Waals surface area contributed by atoms with Crippen molar-refractivity contribution in [3.05, 3.63) is 34.9 Å². The maximum Gasteiger partial charge on any atom is 0.309 e. The van der Waals surface area contributed by atoms with Crippen LogP contribution in [0.4, 0.5) is 0 Å². The predicted octanol–water partition coefficient (Wildman–Crippen LogP) is 2.54. The number of aliphatic carboxylic acids is 1. The van der Waals surface area contributed by atoms with E-state index in [0.29, 0.717) is 18.2 Å². The normalized spacial score (nSPS) is 25.3. The second kappa shape index (κ2) is 4.85.